The van der Waals surface area contributed by atoms with Crippen LogP contribution in [-0.4, -0.2) is 57.2 Å². The van der Waals surface area contributed by atoms with Gasteiger partial charge in [0.25, 0.3) is 12.9 Å². The van der Waals surface area contributed by atoms with Crippen molar-refractivity contribution in [2.45, 2.75) is 142 Å². The average molecular weight is 778 g/mol. The molecule has 0 saturated carbocycles. The molecule has 0 amide bonds. The fourth-order valence-electron chi connectivity index (χ4n) is 7.92. The number of nitrogens with one attached hydrogen (secondary N) is 4. The minimum atomic E-state index is -0.318. The summed E-state index contributed by atoms with van der Waals surface area (Å²) >= 11 is 0. The average Bonchev–Trinajstić information content (AvgIpc) is 3.99. The van der Waals surface area contributed by atoms with Crippen molar-refractivity contribution < 1.29 is 19.1 Å². The number of aromatic nitrogens is 4. The molecular weight excluding hydrogens is 715 g/mol. The predicted octanol–water partition coefficient (Wildman–Crippen LogP) is 9.58. The van der Waals surface area contributed by atoms with Crippen LogP contribution in [0.1, 0.15) is 153 Å². The summed E-state index contributed by atoms with van der Waals surface area (Å²) in [6.07, 6.45) is 6.91. The first-order valence-corrected chi connectivity index (χ1v) is 20.6. The number of nitrogens with zero attached hydrogens (tertiary/aromatic N) is 3. The first kappa shape index (κ1) is 41.9. The van der Waals surface area contributed by atoms with E-state index < -0.39 is 0 Å². The van der Waals surface area contributed by atoms with Gasteiger partial charge in [0.15, 0.2) is 0 Å². The molecule has 2 aromatic heterocycles. The van der Waals surface area contributed by atoms with Gasteiger partial charge in [-0.15, -0.1) is 0 Å². The Bertz CT molecular complexity index is 1970. The zero-order valence-corrected chi connectivity index (χ0v) is 35.4. The van der Waals surface area contributed by atoms with Crippen LogP contribution in [0.4, 0.5) is 5.69 Å². The summed E-state index contributed by atoms with van der Waals surface area (Å²) in [7, 11) is 0. The highest BCUT2D eigenvalue weighted by Crippen LogP contribution is 2.48. The third kappa shape index (κ3) is 10.6. The van der Waals surface area contributed by atoms with Crippen LogP contribution in [0.15, 0.2) is 60.7 Å². The lowest BCUT2D eigenvalue weighted by molar-refractivity contribution is -0.139. The Morgan fingerprint density at radius 1 is 0.614 bits per heavy atom. The minimum Gasteiger partial charge on any atom is -0.462 e. The third-order valence-electron chi connectivity index (χ3n) is 10.8. The van der Waals surface area contributed by atoms with E-state index in [1.165, 1.54) is 35.2 Å². The maximum Gasteiger partial charge on any atom is 0.293 e. The van der Waals surface area contributed by atoms with Crippen molar-refractivity contribution in [1.82, 2.24) is 30.6 Å². The Balaban J connectivity index is 0.000000338. The number of H-pyrrole nitrogens is 2. The van der Waals surface area contributed by atoms with Crippen molar-refractivity contribution in [3.63, 3.8) is 0 Å². The van der Waals surface area contributed by atoms with Crippen LogP contribution in [0.5, 0.6) is 0 Å². The number of ether oxygens (including phenoxy) is 2. The Kier molecular flexibility index (Phi) is 12.8. The molecule has 3 aromatic carbocycles. The number of carbonyl (C=O) groups excluding carboxylic acids is 2. The van der Waals surface area contributed by atoms with E-state index in [1.54, 1.807) is 0 Å². The number of hydrogen-bond donors (Lipinski definition) is 4. The van der Waals surface area contributed by atoms with E-state index in [1.807, 2.05) is 41.5 Å². The monoisotopic (exact) mass is 777 g/mol. The van der Waals surface area contributed by atoms with E-state index in [0.29, 0.717) is 25.0 Å². The lowest BCUT2D eigenvalue weighted by Gasteiger charge is -2.34. The summed E-state index contributed by atoms with van der Waals surface area (Å²) in [6, 6.07) is 24.3. The number of aromatic amines is 2. The van der Waals surface area contributed by atoms with Gasteiger partial charge in [0.1, 0.15) is 22.9 Å². The molecule has 5 heterocycles. The molecule has 11 nitrogen and oxygen atoms in total. The van der Waals surface area contributed by atoms with Gasteiger partial charge in [0.2, 0.25) is 0 Å². The smallest absolute Gasteiger partial charge is 0.293 e. The van der Waals surface area contributed by atoms with Crippen molar-refractivity contribution in [3.05, 3.63) is 89.0 Å². The van der Waals surface area contributed by atoms with Crippen molar-refractivity contribution in [1.29, 1.82) is 0 Å². The van der Waals surface area contributed by atoms with Crippen molar-refractivity contribution in [2.75, 3.05) is 18.0 Å². The lowest BCUT2D eigenvalue weighted by Crippen LogP contribution is -2.26. The van der Waals surface area contributed by atoms with Crippen LogP contribution in [0.25, 0.3) is 22.1 Å². The van der Waals surface area contributed by atoms with Crippen molar-refractivity contribution in [2.24, 2.45) is 0 Å². The number of benzene rings is 3. The SMILES string of the molecule is CC(C)(C)OC=O.CC(C)(C)OC=O.CC(C)(C)c1ccc(N2C(c3ccc4nc([C@@H]5CCCN5)[nH]c4c3)CCC2c2ccc3nc([C@@H]4CCCN4)[nH]c3c2)cc1. The number of imidazole rings is 2. The maximum atomic E-state index is 9.60. The molecular formula is C46H63N7O4. The Morgan fingerprint density at radius 2 is 1.05 bits per heavy atom. The summed E-state index contributed by atoms with van der Waals surface area (Å²) in [4.78, 5) is 39.1. The topological polar surface area (TPSA) is 137 Å². The van der Waals surface area contributed by atoms with Crippen LogP contribution in [0, 0.1) is 0 Å². The molecule has 57 heavy (non-hydrogen) atoms. The van der Waals surface area contributed by atoms with Gasteiger partial charge in [-0.3, -0.25) is 9.59 Å². The minimum absolute atomic E-state index is 0.122. The van der Waals surface area contributed by atoms with E-state index in [2.05, 4.69) is 116 Å². The van der Waals surface area contributed by atoms with Gasteiger partial charge >= 0.3 is 0 Å². The Morgan fingerprint density at radius 3 is 1.39 bits per heavy atom. The molecule has 8 rings (SSSR count). The van der Waals surface area contributed by atoms with Crippen LogP contribution in [0.2, 0.25) is 0 Å². The Labute approximate surface area is 338 Å². The number of rotatable bonds is 7. The molecule has 5 aromatic rings. The second-order valence-electron chi connectivity index (χ2n) is 18.6. The fraction of sp³-hybridized carbons (Fsp3) is 0.522. The summed E-state index contributed by atoms with van der Waals surface area (Å²) < 4.78 is 9.10. The van der Waals surface area contributed by atoms with E-state index in [-0.39, 0.29) is 28.7 Å². The second-order valence-corrected chi connectivity index (χ2v) is 18.6. The summed E-state index contributed by atoms with van der Waals surface area (Å²) in [5.74, 6) is 2.15. The third-order valence-corrected chi connectivity index (χ3v) is 10.8. The predicted molar refractivity (Wildman–Crippen MR) is 228 cm³/mol. The molecule has 4 N–H and O–H groups in total. The number of anilines is 1. The van der Waals surface area contributed by atoms with Gasteiger partial charge in [-0.2, -0.15) is 0 Å². The first-order chi connectivity index (χ1) is 27.0. The highest BCUT2D eigenvalue weighted by atomic mass is 16.5. The van der Waals surface area contributed by atoms with Crippen molar-refractivity contribution in [3.8, 4) is 0 Å². The van der Waals surface area contributed by atoms with Gasteiger partial charge in [-0.1, -0.05) is 45.0 Å². The summed E-state index contributed by atoms with van der Waals surface area (Å²) in [6.45, 7) is 20.8. The molecule has 0 bridgehead atoms. The quantitative estimate of drug-likeness (QED) is 0.119. The van der Waals surface area contributed by atoms with Gasteiger partial charge in [-0.25, -0.2) is 9.97 Å². The molecule has 0 spiro atoms. The fourth-order valence-corrected chi connectivity index (χ4v) is 7.92. The second kappa shape index (κ2) is 17.4. The molecule has 2 unspecified atom stereocenters. The first-order valence-electron chi connectivity index (χ1n) is 20.6. The molecule has 3 aliphatic heterocycles. The van der Waals surface area contributed by atoms with E-state index >= 15 is 0 Å². The molecule has 11 heteroatoms. The summed E-state index contributed by atoms with van der Waals surface area (Å²) in [5.41, 5.74) is 9.22. The molecule has 0 aliphatic carbocycles. The van der Waals surface area contributed by atoms with E-state index in [9.17, 15) is 9.59 Å². The number of fused-ring (bicyclic) bond motifs is 2. The van der Waals surface area contributed by atoms with Gasteiger partial charge in [-0.05, 0) is 152 Å². The zero-order valence-electron chi connectivity index (χ0n) is 35.4. The van der Waals surface area contributed by atoms with Crippen LogP contribution >= 0.6 is 0 Å². The highest BCUT2D eigenvalue weighted by Gasteiger charge is 2.36. The molecule has 4 atom stereocenters. The van der Waals surface area contributed by atoms with E-state index in [4.69, 9.17) is 9.97 Å². The molecule has 0 radical (unpaired) electrons. The normalized spacial score (nSPS) is 21.2. The maximum absolute atomic E-state index is 9.60. The van der Waals surface area contributed by atoms with Crippen LogP contribution < -0.4 is 15.5 Å². The van der Waals surface area contributed by atoms with Gasteiger partial charge in [0, 0.05) is 5.69 Å². The molecule has 306 valence electrons. The standard InChI is InChI=1S/C36H43N7.2C5H10O2/c1-36(2,3)24-10-12-25(13-11-24)43-32(22-8-14-26-30(20-22)41-34(39-26)28-6-4-18-37-28)16-17-33(43)23-9-15-27-31(21-23)42-35(40-27)29-7-5-19-38-29;2*1-5(2,3)7-4-6/h8-15,20-21,28-29,32-33,37-38H,4-7,16-19H2,1-3H3,(H,39,41)(H,40,42);2*4H,1-3H3/t28-,29-,32?,33?;;/m0../s1. The molecule has 3 fully saturated rings. The largest absolute Gasteiger partial charge is 0.462 e. The Hall–Kier alpha value is -4.74. The summed E-state index contributed by atoms with van der Waals surface area (Å²) in [5, 5.41) is 7.18. The molecule has 3 saturated heterocycles. The van der Waals surface area contributed by atoms with Crippen LogP contribution in [0.3, 0.4) is 0 Å². The number of carbonyl (C=O) groups is 2. The van der Waals surface area contributed by atoms with Crippen molar-refractivity contribution >= 4 is 40.7 Å². The number of hydrogen-bond acceptors (Lipinski definition) is 9. The zero-order chi connectivity index (χ0) is 41.0. The molecule has 3 aliphatic rings. The highest BCUT2D eigenvalue weighted by molar-refractivity contribution is 5.78. The van der Waals surface area contributed by atoms with E-state index in [0.717, 1.165) is 72.5 Å². The van der Waals surface area contributed by atoms with Gasteiger partial charge in [0.05, 0.1) is 46.2 Å². The van der Waals surface area contributed by atoms with Crippen LogP contribution in [-0.2, 0) is 24.5 Å². The van der Waals surface area contributed by atoms with Gasteiger partial charge < -0.3 is 35.0 Å². The lowest BCUT2D eigenvalue weighted by atomic mass is 9.87.